The molecule has 0 aliphatic rings. The number of nitrogens with one attached hydrogen (secondary N) is 1. The van der Waals surface area contributed by atoms with Crippen LogP contribution in [0.4, 0.5) is 0 Å². The first-order chi connectivity index (χ1) is 12.1. The number of aromatic nitrogens is 2. The molecular formula is C18H15N3O4. The van der Waals surface area contributed by atoms with Gasteiger partial charge in [0.1, 0.15) is 6.54 Å². The molecule has 0 saturated carbocycles. The van der Waals surface area contributed by atoms with Crippen molar-refractivity contribution in [3.05, 3.63) is 76.7 Å². The zero-order chi connectivity index (χ0) is 17.8. The Hall–Kier alpha value is -3.48. The molecule has 0 aliphatic heterocycles. The number of hydrogen-bond acceptors (Lipinski definition) is 4. The van der Waals surface area contributed by atoms with Crippen LogP contribution in [0.25, 0.3) is 10.8 Å². The zero-order valence-corrected chi connectivity index (χ0v) is 13.1. The number of fused-ring (bicyclic) bond motifs is 1. The van der Waals surface area contributed by atoms with Crippen LogP contribution in [0.1, 0.15) is 11.6 Å². The van der Waals surface area contributed by atoms with Gasteiger partial charge >= 0.3 is 5.97 Å². The van der Waals surface area contributed by atoms with Crippen LogP contribution in [0.5, 0.6) is 0 Å². The van der Waals surface area contributed by atoms with Gasteiger partial charge in [0.05, 0.1) is 11.6 Å². The van der Waals surface area contributed by atoms with Crippen molar-refractivity contribution in [3.63, 3.8) is 0 Å². The average Bonchev–Trinajstić information content (AvgIpc) is 2.63. The summed E-state index contributed by atoms with van der Waals surface area (Å²) < 4.78 is 1.02. The predicted molar refractivity (Wildman–Crippen MR) is 91.0 cm³/mol. The summed E-state index contributed by atoms with van der Waals surface area (Å²) in [6.07, 6.45) is 1.50. The Kier molecular flexibility index (Phi) is 4.56. The van der Waals surface area contributed by atoms with Crippen LogP contribution < -0.4 is 10.9 Å². The molecule has 7 nitrogen and oxygen atoms in total. The number of carbonyl (C=O) groups excluding carboxylic acids is 1. The molecule has 1 aromatic heterocycles. The van der Waals surface area contributed by atoms with Gasteiger partial charge in [-0.05, 0) is 11.6 Å². The van der Waals surface area contributed by atoms with Gasteiger partial charge < -0.3 is 10.4 Å². The molecule has 0 saturated heterocycles. The summed E-state index contributed by atoms with van der Waals surface area (Å²) in [6, 6.07) is 14.1. The third-order valence-corrected chi connectivity index (χ3v) is 3.74. The number of nitrogens with zero attached hydrogens (tertiary/aromatic N) is 2. The lowest BCUT2D eigenvalue weighted by Gasteiger charge is -2.15. The fourth-order valence-corrected chi connectivity index (χ4v) is 2.52. The molecule has 3 aromatic rings. The SMILES string of the molecule is O=C(Cn1ncc2ccccc2c1=O)N[C@@H](C(=O)O)c1ccccc1. The molecule has 2 N–H and O–H groups in total. The van der Waals surface area contributed by atoms with Gasteiger partial charge in [-0.15, -0.1) is 0 Å². The van der Waals surface area contributed by atoms with Crippen molar-refractivity contribution in [2.24, 2.45) is 0 Å². The van der Waals surface area contributed by atoms with Gasteiger partial charge in [0, 0.05) is 5.39 Å². The van der Waals surface area contributed by atoms with E-state index in [0.29, 0.717) is 16.3 Å². The first-order valence-electron chi connectivity index (χ1n) is 7.58. The highest BCUT2D eigenvalue weighted by molar-refractivity contribution is 5.85. The molecule has 1 amide bonds. The summed E-state index contributed by atoms with van der Waals surface area (Å²) in [5.41, 5.74) is 0.0435. The van der Waals surface area contributed by atoms with Crippen LogP contribution in [-0.2, 0) is 16.1 Å². The van der Waals surface area contributed by atoms with Crippen LogP contribution >= 0.6 is 0 Å². The van der Waals surface area contributed by atoms with E-state index in [-0.39, 0.29) is 6.54 Å². The van der Waals surface area contributed by atoms with Crippen molar-refractivity contribution in [2.45, 2.75) is 12.6 Å². The number of carboxylic acid groups (broad SMARTS) is 1. The van der Waals surface area contributed by atoms with E-state index in [1.54, 1.807) is 54.6 Å². The summed E-state index contributed by atoms with van der Waals surface area (Å²) in [6.45, 7) is -0.361. The molecule has 0 radical (unpaired) electrons. The fraction of sp³-hybridized carbons (Fsp3) is 0.111. The monoisotopic (exact) mass is 337 g/mol. The zero-order valence-electron chi connectivity index (χ0n) is 13.1. The molecule has 2 aromatic carbocycles. The molecule has 3 rings (SSSR count). The Bertz CT molecular complexity index is 982. The van der Waals surface area contributed by atoms with Gasteiger partial charge in [-0.25, -0.2) is 9.48 Å². The second kappa shape index (κ2) is 6.96. The van der Waals surface area contributed by atoms with Crippen molar-refractivity contribution >= 4 is 22.6 Å². The van der Waals surface area contributed by atoms with E-state index in [0.717, 1.165) is 4.68 Å². The molecule has 0 bridgehead atoms. The lowest BCUT2D eigenvalue weighted by molar-refractivity contribution is -0.142. The number of rotatable bonds is 5. The second-order valence-corrected chi connectivity index (χ2v) is 5.44. The third-order valence-electron chi connectivity index (χ3n) is 3.74. The number of hydrogen-bond donors (Lipinski definition) is 2. The van der Waals surface area contributed by atoms with E-state index in [1.807, 2.05) is 0 Å². The largest absolute Gasteiger partial charge is 0.479 e. The lowest BCUT2D eigenvalue weighted by Crippen LogP contribution is -2.38. The van der Waals surface area contributed by atoms with Gasteiger partial charge in [-0.1, -0.05) is 48.5 Å². The van der Waals surface area contributed by atoms with Crippen molar-refractivity contribution in [1.82, 2.24) is 15.1 Å². The van der Waals surface area contributed by atoms with Gasteiger partial charge in [0.2, 0.25) is 5.91 Å². The van der Waals surface area contributed by atoms with E-state index in [2.05, 4.69) is 10.4 Å². The van der Waals surface area contributed by atoms with Crippen molar-refractivity contribution < 1.29 is 14.7 Å². The van der Waals surface area contributed by atoms with Crippen LogP contribution in [-0.4, -0.2) is 26.8 Å². The highest BCUT2D eigenvalue weighted by Gasteiger charge is 2.22. The summed E-state index contributed by atoms with van der Waals surface area (Å²) in [5.74, 6) is -1.79. The first kappa shape index (κ1) is 16.4. The minimum absolute atomic E-state index is 0.361. The van der Waals surface area contributed by atoms with Crippen LogP contribution in [0.15, 0.2) is 65.6 Å². The van der Waals surface area contributed by atoms with Crippen molar-refractivity contribution in [1.29, 1.82) is 0 Å². The van der Waals surface area contributed by atoms with Crippen LogP contribution in [0.2, 0.25) is 0 Å². The standard InChI is InChI=1S/C18H15N3O4/c22-15(20-16(18(24)25)12-6-2-1-3-7-12)11-21-17(23)14-9-5-4-8-13(14)10-19-21/h1-10,16H,11H2,(H,20,22)(H,24,25)/t16-/m1/s1. The topological polar surface area (TPSA) is 101 Å². The molecule has 1 heterocycles. The summed E-state index contributed by atoms with van der Waals surface area (Å²) >= 11 is 0. The Morgan fingerprint density at radius 1 is 1.08 bits per heavy atom. The Balaban J connectivity index is 1.81. The number of benzene rings is 2. The average molecular weight is 337 g/mol. The second-order valence-electron chi connectivity index (χ2n) is 5.44. The molecule has 25 heavy (non-hydrogen) atoms. The van der Waals surface area contributed by atoms with Crippen molar-refractivity contribution in [3.8, 4) is 0 Å². The van der Waals surface area contributed by atoms with E-state index < -0.39 is 23.5 Å². The van der Waals surface area contributed by atoms with Gasteiger partial charge in [-0.2, -0.15) is 5.10 Å². The molecule has 7 heteroatoms. The Morgan fingerprint density at radius 3 is 2.48 bits per heavy atom. The van der Waals surface area contributed by atoms with Crippen molar-refractivity contribution in [2.75, 3.05) is 0 Å². The summed E-state index contributed by atoms with van der Waals surface area (Å²) in [5, 5.41) is 16.8. The van der Waals surface area contributed by atoms with E-state index >= 15 is 0 Å². The number of amides is 1. The normalized spacial score (nSPS) is 11.8. The number of carboxylic acids is 1. The molecule has 1 atom stereocenters. The van der Waals surface area contributed by atoms with Gasteiger partial charge in [0.15, 0.2) is 6.04 Å². The Labute approximate surface area is 142 Å². The molecule has 0 fully saturated rings. The maximum atomic E-state index is 12.4. The lowest BCUT2D eigenvalue weighted by atomic mass is 10.1. The fourth-order valence-electron chi connectivity index (χ4n) is 2.52. The minimum Gasteiger partial charge on any atom is -0.479 e. The predicted octanol–water partition coefficient (Wildman–Crippen LogP) is 1.34. The van der Waals surface area contributed by atoms with Crippen LogP contribution in [0.3, 0.4) is 0 Å². The molecule has 0 aliphatic carbocycles. The highest BCUT2D eigenvalue weighted by atomic mass is 16.4. The Morgan fingerprint density at radius 2 is 1.76 bits per heavy atom. The summed E-state index contributed by atoms with van der Waals surface area (Å²) in [4.78, 5) is 36.0. The molecule has 0 unspecified atom stereocenters. The number of carbonyl (C=O) groups is 2. The van der Waals surface area contributed by atoms with Gasteiger partial charge in [0.25, 0.3) is 5.56 Å². The van der Waals surface area contributed by atoms with Gasteiger partial charge in [-0.3, -0.25) is 9.59 Å². The first-order valence-corrected chi connectivity index (χ1v) is 7.58. The smallest absolute Gasteiger partial charge is 0.330 e. The van der Waals surface area contributed by atoms with E-state index in [4.69, 9.17) is 0 Å². The molecule has 0 spiro atoms. The summed E-state index contributed by atoms with van der Waals surface area (Å²) in [7, 11) is 0. The highest BCUT2D eigenvalue weighted by Crippen LogP contribution is 2.12. The number of aliphatic carboxylic acids is 1. The minimum atomic E-state index is -1.19. The maximum absolute atomic E-state index is 12.4. The van der Waals surface area contributed by atoms with E-state index in [9.17, 15) is 19.5 Å². The molecular weight excluding hydrogens is 322 g/mol. The quantitative estimate of drug-likeness (QED) is 0.731. The maximum Gasteiger partial charge on any atom is 0.330 e. The van der Waals surface area contributed by atoms with E-state index in [1.165, 1.54) is 6.20 Å². The third kappa shape index (κ3) is 3.55. The molecule has 126 valence electrons. The van der Waals surface area contributed by atoms with Crippen LogP contribution in [0, 0.1) is 0 Å².